The highest BCUT2D eigenvalue weighted by atomic mass is 32.2. The molecule has 1 aromatic heterocycles. The maximum atomic E-state index is 13.8. The van der Waals surface area contributed by atoms with Crippen LogP contribution in [0.4, 0.5) is 4.39 Å². The fourth-order valence-corrected chi connectivity index (χ4v) is 2.37. The van der Waals surface area contributed by atoms with Crippen LogP contribution in [0.1, 0.15) is 17.4 Å². The van der Waals surface area contributed by atoms with E-state index in [9.17, 15) is 17.6 Å². The first-order valence-corrected chi connectivity index (χ1v) is 7.84. The van der Waals surface area contributed by atoms with Crippen molar-refractivity contribution in [3.05, 3.63) is 36.0 Å². The van der Waals surface area contributed by atoms with E-state index in [2.05, 4.69) is 4.98 Å². The Kier molecular flexibility index (Phi) is 4.08. The van der Waals surface area contributed by atoms with Crippen molar-refractivity contribution in [1.82, 2.24) is 4.98 Å². The van der Waals surface area contributed by atoms with Gasteiger partial charge in [-0.05, 0) is 25.1 Å². The molecule has 2 aromatic rings. The summed E-state index contributed by atoms with van der Waals surface area (Å²) >= 11 is 0. The summed E-state index contributed by atoms with van der Waals surface area (Å²) in [6.45, 7) is 1.84. The number of nitrogens with zero attached hydrogens (tertiary/aromatic N) is 1. The third-order valence-electron chi connectivity index (χ3n) is 2.57. The molecule has 0 radical (unpaired) electrons. The SMILES string of the molecule is CCOC(=O)c1coc(-c2ccc(S(C)(=O)=O)c(F)c2)n1. The van der Waals surface area contributed by atoms with E-state index in [4.69, 9.17) is 9.15 Å². The van der Waals surface area contributed by atoms with Crippen molar-refractivity contribution in [3.8, 4) is 11.5 Å². The Bertz CT molecular complexity index is 782. The molecular weight excluding hydrogens is 301 g/mol. The van der Waals surface area contributed by atoms with E-state index in [1.807, 2.05) is 0 Å². The van der Waals surface area contributed by atoms with Crippen molar-refractivity contribution < 1.29 is 26.8 Å². The van der Waals surface area contributed by atoms with Crippen LogP contribution in [0.5, 0.6) is 0 Å². The summed E-state index contributed by atoms with van der Waals surface area (Å²) in [5, 5.41) is 0. The van der Waals surface area contributed by atoms with Crippen LogP contribution in [0.2, 0.25) is 0 Å². The summed E-state index contributed by atoms with van der Waals surface area (Å²) in [5.41, 5.74) is 0.176. The van der Waals surface area contributed by atoms with Crippen molar-refractivity contribution in [2.24, 2.45) is 0 Å². The zero-order chi connectivity index (χ0) is 15.6. The van der Waals surface area contributed by atoms with E-state index in [0.29, 0.717) is 0 Å². The van der Waals surface area contributed by atoms with Gasteiger partial charge in [0.1, 0.15) is 17.0 Å². The van der Waals surface area contributed by atoms with Crippen LogP contribution in [0.15, 0.2) is 33.8 Å². The maximum absolute atomic E-state index is 13.8. The smallest absolute Gasteiger partial charge is 0.360 e. The zero-order valence-electron chi connectivity index (χ0n) is 11.3. The van der Waals surface area contributed by atoms with Crippen LogP contribution in [-0.2, 0) is 14.6 Å². The monoisotopic (exact) mass is 313 g/mol. The zero-order valence-corrected chi connectivity index (χ0v) is 12.1. The van der Waals surface area contributed by atoms with E-state index < -0.39 is 26.5 Å². The fourth-order valence-electron chi connectivity index (χ4n) is 1.64. The molecule has 0 atom stereocenters. The molecular formula is C13H12FNO5S. The van der Waals surface area contributed by atoms with Crippen molar-refractivity contribution in [1.29, 1.82) is 0 Å². The molecule has 21 heavy (non-hydrogen) atoms. The molecule has 0 saturated heterocycles. The highest BCUT2D eigenvalue weighted by molar-refractivity contribution is 7.90. The number of hydrogen-bond acceptors (Lipinski definition) is 6. The molecule has 0 aliphatic carbocycles. The van der Waals surface area contributed by atoms with E-state index in [1.165, 1.54) is 6.07 Å². The number of hydrogen-bond donors (Lipinski definition) is 0. The third-order valence-corrected chi connectivity index (χ3v) is 3.70. The molecule has 1 aromatic carbocycles. The van der Waals surface area contributed by atoms with Crippen molar-refractivity contribution in [3.63, 3.8) is 0 Å². The topological polar surface area (TPSA) is 86.5 Å². The van der Waals surface area contributed by atoms with E-state index in [-0.39, 0.29) is 23.8 Å². The Morgan fingerprint density at radius 1 is 1.43 bits per heavy atom. The Morgan fingerprint density at radius 3 is 2.71 bits per heavy atom. The first-order chi connectivity index (χ1) is 9.82. The lowest BCUT2D eigenvalue weighted by Crippen LogP contribution is -2.04. The number of aromatic nitrogens is 1. The minimum Gasteiger partial charge on any atom is -0.461 e. The fraction of sp³-hybridized carbons (Fsp3) is 0.231. The third kappa shape index (κ3) is 3.27. The number of oxazole rings is 1. The number of esters is 1. The molecule has 0 aliphatic heterocycles. The van der Waals surface area contributed by atoms with Crippen LogP contribution in [0, 0.1) is 5.82 Å². The highest BCUT2D eigenvalue weighted by Crippen LogP contribution is 2.23. The van der Waals surface area contributed by atoms with Gasteiger partial charge in [-0.3, -0.25) is 0 Å². The lowest BCUT2D eigenvalue weighted by molar-refractivity contribution is 0.0519. The molecule has 6 nitrogen and oxygen atoms in total. The average molecular weight is 313 g/mol. The van der Waals surface area contributed by atoms with Crippen molar-refractivity contribution >= 4 is 15.8 Å². The minimum atomic E-state index is -3.65. The van der Waals surface area contributed by atoms with Gasteiger partial charge in [0.25, 0.3) is 0 Å². The first kappa shape index (κ1) is 15.2. The van der Waals surface area contributed by atoms with Gasteiger partial charge in [0.15, 0.2) is 15.5 Å². The number of sulfone groups is 1. The van der Waals surface area contributed by atoms with E-state index in [0.717, 1.165) is 24.7 Å². The number of carbonyl (C=O) groups is 1. The molecule has 0 bridgehead atoms. The Morgan fingerprint density at radius 2 is 2.14 bits per heavy atom. The first-order valence-electron chi connectivity index (χ1n) is 5.95. The van der Waals surface area contributed by atoms with Crippen molar-refractivity contribution in [2.45, 2.75) is 11.8 Å². The predicted molar refractivity (Wildman–Crippen MR) is 71.0 cm³/mol. The molecule has 0 fully saturated rings. The molecule has 112 valence electrons. The number of benzene rings is 1. The van der Waals surface area contributed by atoms with Gasteiger partial charge in [-0.25, -0.2) is 22.6 Å². The van der Waals surface area contributed by atoms with Crippen LogP contribution in [0.25, 0.3) is 11.5 Å². The molecule has 1 heterocycles. The second kappa shape index (κ2) is 5.65. The van der Waals surface area contributed by atoms with Gasteiger partial charge in [-0.1, -0.05) is 0 Å². The molecule has 0 spiro atoms. The number of halogens is 1. The van der Waals surface area contributed by atoms with Gasteiger partial charge >= 0.3 is 5.97 Å². The van der Waals surface area contributed by atoms with Gasteiger partial charge < -0.3 is 9.15 Å². The molecule has 0 aliphatic rings. The molecule has 0 saturated carbocycles. The van der Waals surface area contributed by atoms with Gasteiger partial charge in [-0.2, -0.15) is 0 Å². The van der Waals surface area contributed by atoms with Gasteiger partial charge in [-0.15, -0.1) is 0 Å². The molecule has 0 amide bonds. The van der Waals surface area contributed by atoms with Crippen LogP contribution in [0.3, 0.4) is 0 Å². The maximum Gasteiger partial charge on any atom is 0.360 e. The van der Waals surface area contributed by atoms with Gasteiger partial charge in [0.2, 0.25) is 5.89 Å². The number of ether oxygens (including phenoxy) is 1. The molecule has 8 heteroatoms. The normalized spacial score (nSPS) is 11.4. The number of rotatable bonds is 4. The molecule has 0 unspecified atom stereocenters. The summed E-state index contributed by atoms with van der Waals surface area (Å²) in [7, 11) is -3.65. The molecule has 2 rings (SSSR count). The summed E-state index contributed by atoms with van der Waals surface area (Å²) in [5.74, 6) is -1.57. The van der Waals surface area contributed by atoms with Gasteiger partial charge in [0, 0.05) is 11.8 Å². The van der Waals surface area contributed by atoms with E-state index in [1.54, 1.807) is 6.92 Å². The highest BCUT2D eigenvalue weighted by Gasteiger charge is 2.18. The van der Waals surface area contributed by atoms with Gasteiger partial charge in [0.05, 0.1) is 6.61 Å². The Labute approximate surface area is 120 Å². The summed E-state index contributed by atoms with van der Waals surface area (Å²) in [6.07, 6.45) is 2.00. The van der Waals surface area contributed by atoms with Crippen LogP contribution >= 0.6 is 0 Å². The van der Waals surface area contributed by atoms with E-state index >= 15 is 0 Å². The Hall–Kier alpha value is -2.22. The predicted octanol–water partition coefficient (Wildman–Crippen LogP) is 2.06. The lowest BCUT2D eigenvalue weighted by atomic mass is 10.2. The second-order valence-corrected chi connectivity index (χ2v) is 6.16. The van der Waals surface area contributed by atoms with Crippen LogP contribution < -0.4 is 0 Å². The standard InChI is InChI=1S/C13H12FNO5S/c1-3-19-13(16)10-7-20-12(15-10)8-4-5-11(9(14)6-8)21(2,17)18/h4-7H,3H2,1-2H3. The summed E-state index contributed by atoms with van der Waals surface area (Å²) in [4.78, 5) is 14.9. The van der Waals surface area contributed by atoms with Crippen molar-refractivity contribution in [2.75, 3.05) is 12.9 Å². The quantitative estimate of drug-likeness (QED) is 0.803. The lowest BCUT2D eigenvalue weighted by Gasteiger charge is -2.02. The second-order valence-electron chi connectivity index (χ2n) is 4.18. The van der Waals surface area contributed by atoms with Crippen LogP contribution in [-0.4, -0.2) is 32.2 Å². The summed E-state index contributed by atoms with van der Waals surface area (Å²) < 4.78 is 46.3. The largest absolute Gasteiger partial charge is 0.461 e. The minimum absolute atomic E-state index is 0.00277. The average Bonchev–Trinajstić information content (AvgIpc) is 2.87. The summed E-state index contributed by atoms with van der Waals surface area (Å²) in [6, 6.07) is 3.45. The molecule has 0 N–H and O–H groups in total. The Balaban J connectivity index is 2.36. The number of carbonyl (C=O) groups excluding carboxylic acids is 1.